The standard InChI is InChI=1S/C23H30F3N7O4/c1-14-18(11-29-31-20(14)34)30-16(12-36-2)13-37-19-5-8-33(21(19)35)17-3-6-32(7-4-17)22-27-9-15(10-28-22)23(24,25)26/h9-11,16-17,19H,3-8,12-13H2,1-2H3,(H2,30,31,34)/t16-,19-/m0/s1. The molecule has 2 fully saturated rings. The number of nitrogens with one attached hydrogen (secondary N) is 2. The molecule has 2 aromatic rings. The Balaban J connectivity index is 1.28. The summed E-state index contributed by atoms with van der Waals surface area (Å²) >= 11 is 0. The maximum absolute atomic E-state index is 13.1. The van der Waals surface area contributed by atoms with Crippen molar-refractivity contribution in [2.75, 3.05) is 50.2 Å². The van der Waals surface area contributed by atoms with Gasteiger partial charge in [0.25, 0.3) is 11.5 Å². The summed E-state index contributed by atoms with van der Waals surface area (Å²) in [6.07, 6.45) is -0.0698. The second-order valence-electron chi connectivity index (χ2n) is 9.16. The molecule has 0 radical (unpaired) electrons. The average molecular weight is 526 g/mol. The molecule has 0 spiro atoms. The number of halogens is 3. The molecule has 2 N–H and O–H groups in total. The molecule has 0 bridgehead atoms. The second-order valence-corrected chi connectivity index (χ2v) is 9.16. The normalized spacial score (nSPS) is 19.9. The molecule has 2 aromatic heterocycles. The van der Waals surface area contributed by atoms with E-state index in [0.29, 0.717) is 56.8 Å². The van der Waals surface area contributed by atoms with Crippen molar-refractivity contribution in [3.63, 3.8) is 0 Å². The lowest BCUT2D eigenvalue weighted by Gasteiger charge is -2.36. The topological polar surface area (TPSA) is 126 Å². The summed E-state index contributed by atoms with van der Waals surface area (Å²) in [4.78, 5) is 36.3. The van der Waals surface area contributed by atoms with Gasteiger partial charge in [0.15, 0.2) is 0 Å². The van der Waals surface area contributed by atoms with Crippen LogP contribution >= 0.6 is 0 Å². The predicted molar refractivity (Wildman–Crippen MR) is 127 cm³/mol. The second kappa shape index (κ2) is 11.4. The fraction of sp³-hybridized carbons (Fsp3) is 0.609. The zero-order valence-electron chi connectivity index (χ0n) is 20.6. The van der Waals surface area contributed by atoms with E-state index in [1.165, 1.54) is 6.20 Å². The van der Waals surface area contributed by atoms with E-state index < -0.39 is 17.8 Å². The van der Waals surface area contributed by atoms with Crippen LogP contribution in [0.15, 0.2) is 23.4 Å². The fourth-order valence-electron chi connectivity index (χ4n) is 4.59. The lowest BCUT2D eigenvalue weighted by molar-refractivity contribution is -0.140. The third-order valence-electron chi connectivity index (χ3n) is 6.67. The number of likely N-dealkylation sites (tertiary alicyclic amines) is 1. The van der Waals surface area contributed by atoms with Gasteiger partial charge in [-0.25, -0.2) is 15.1 Å². The minimum atomic E-state index is -4.48. The summed E-state index contributed by atoms with van der Waals surface area (Å²) in [6, 6.07) is -0.273. The van der Waals surface area contributed by atoms with Gasteiger partial charge in [0.1, 0.15) is 6.10 Å². The lowest BCUT2D eigenvalue weighted by Crippen LogP contribution is -2.47. The average Bonchev–Trinajstić information content (AvgIpc) is 3.25. The number of piperidine rings is 1. The van der Waals surface area contributed by atoms with Crippen molar-refractivity contribution in [1.82, 2.24) is 25.1 Å². The molecule has 37 heavy (non-hydrogen) atoms. The van der Waals surface area contributed by atoms with Crippen molar-refractivity contribution >= 4 is 17.5 Å². The Labute approximate surface area is 211 Å². The van der Waals surface area contributed by atoms with E-state index in [0.717, 1.165) is 12.4 Å². The van der Waals surface area contributed by atoms with Crippen LogP contribution in [0.1, 0.15) is 30.4 Å². The molecule has 4 rings (SSSR count). The first-order valence-corrected chi connectivity index (χ1v) is 12.0. The van der Waals surface area contributed by atoms with Gasteiger partial charge in [0, 0.05) is 57.2 Å². The Morgan fingerprint density at radius 2 is 1.81 bits per heavy atom. The molecule has 1 amide bonds. The van der Waals surface area contributed by atoms with Gasteiger partial charge in [-0.1, -0.05) is 0 Å². The molecule has 0 aromatic carbocycles. The Kier molecular flexibility index (Phi) is 8.27. The maximum atomic E-state index is 13.1. The Hall–Kier alpha value is -3.26. The quantitative estimate of drug-likeness (QED) is 0.502. The highest BCUT2D eigenvalue weighted by Gasteiger charge is 2.38. The number of carbonyl (C=O) groups is 1. The molecule has 4 heterocycles. The van der Waals surface area contributed by atoms with E-state index in [1.54, 1.807) is 14.0 Å². The van der Waals surface area contributed by atoms with Crippen LogP contribution < -0.4 is 15.8 Å². The predicted octanol–water partition coefficient (Wildman–Crippen LogP) is 1.60. The number of carbonyl (C=O) groups excluding carboxylic acids is 1. The highest BCUT2D eigenvalue weighted by atomic mass is 19.4. The molecule has 2 atom stereocenters. The van der Waals surface area contributed by atoms with E-state index in [1.807, 2.05) is 9.80 Å². The summed E-state index contributed by atoms with van der Waals surface area (Å²) < 4.78 is 49.5. The van der Waals surface area contributed by atoms with E-state index in [9.17, 15) is 22.8 Å². The molecule has 2 saturated heterocycles. The molecule has 2 aliphatic heterocycles. The summed E-state index contributed by atoms with van der Waals surface area (Å²) in [5.41, 5.74) is -0.114. The van der Waals surface area contributed by atoms with Gasteiger partial charge < -0.3 is 24.6 Å². The highest BCUT2D eigenvalue weighted by molar-refractivity contribution is 5.83. The Bertz CT molecular complexity index is 1120. The number of H-pyrrole nitrogens is 1. The molecular formula is C23H30F3N7O4. The van der Waals surface area contributed by atoms with Gasteiger partial charge in [0.2, 0.25) is 5.95 Å². The van der Waals surface area contributed by atoms with Crippen LogP contribution in [0.25, 0.3) is 0 Å². The van der Waals surface area contributed by atoms with E-state index >= 15 is 0 Å². The van der Waals surface area contributed by atoms with Gasteiger partial charge in [-0.05, 0) is 19.8 Å². The van der Waals surface area contributed by atoms with Crippen molar-refractivity contribution in [1.29, 1.82) is 0 Å². The summed E-state index contributed by atoms with van der Waals surface area (Å²) in [5.74, 6) is 0.178. The van der Waals surface area contributed by atoms with Crippen LogP contribution in [0, 0.1) is 6.92 Å². The summed E-state index contributed by atoms with van der Waals surface area (Å²) in [5, 5.41) is 9.38. The first-order chi connectivity index (χ1) is 17.7. The third kappa shape index (κ3) is 6.36. The van der Waals surface area contributed by atoms with Crippen LogP contribution in [-0.2, 0) is 20.4 Å². The fourth-order valence-corrected chi connectivity index (χ4v) is 4.59. The first-order valence-electron chi connectivity index (χ1n) is 12.0. The van der Waals surface area contributed by atoms with Gasteiger partial charge >= 0.3 is 6.18 Å². The van der Waals surface area contributed by atoms with Crippen LogP contribution in [0.3, 0.4) is 0 Å². The minimum Gasteiger partial charge on any atom is -0.382 e. The van der Waals surface area contributed by atoms with Gasteiger partial charge in [0.05, 0.1) is 36.7 Å². The number of hydrogen-bond acceptors (Lipinski definition) is 9. The summed E-state index contributed by atoms with van der Waals surface area (Å²) in [7, 11) is 1.56. The minimum absolute atomic E-state index is 0.0180. The largest absolute Gasteiger partial charge is 0.419 e. The van der Waals surface area contributed by atoms with Crippen LogP contribution in [-0.4, -0.2) is 89.1 Å². The van der Waals surface area contributed by atoms with E-state index in [2.05, 4.69) is 25.5 Å². The van der Waals surface area contributed by atoms with Crippen LogP contribution in [0.5, 0.6) is 0 Å². The van der Waals surface area contributed by atoms with Crippen molar-refractivity contribution in [3.05, 3.63) is 40.1 Å². The smallest absolute Gasteiger partial charge is 0.382 e. The van der Waals surface area contributed by atoms with Gasteiger partial charge in [-0.2, -0.15) is 18.3 Å². The van der Waals surface area contributed by atoms with Gasteiger partial charge in [-0.15, -0.1) is 0 Å². The van der Waals surface area contributed by atoms with Crippen molar-refractivity contribution in [2.24, 2.45) is 0 Å². The molecule has 14 heteroatoms. The van der Waals surface area contributed by atoms with Crippen LogP contribution in [0.4, 0.5) is 24.8 Å². The monoisotopic (exact) mass is 525 g/mol. The SMILES string of the molecule is COC[C@@H](CO[C@H]1CCN(C2CCN(c3ncc(C(F)(F)F)cn3)CC2)C1=O)Nc1cn[nH]c(=O)c1C. The number of alkyl halides is 3. The van der Waals surface area contributed by atoms with E-state index in [-0.39, 0.29) is 36.1 Å². The number of amides is 1. The van der Waals surface area contributed by atoms with Crippen molar-refractivity contribution in [2.45, 2.75) is 50.6 Å². The molecular weight excluding hydrogens is 495 g/mol. The molecule has 0 saturated carbocycles. The third-order valence-corrected chi connectivity index (χ3v) is 6.67. The lowest BCUT2D eigenvalue weighted by atomic mass is 10.0. The molecule has 202 valence electrons. The Morgan fingerprint density at radius 3 is 2.46 bits per heavy atom. The number of aromatic amines is 1. The molecule has 11 nitrogen and oxygen atoms in total. The number of rotatable bonds is 9. The number of ether oxygens (including phenoxy) is 2. The van der Waals surface area contributed by atoms with Crippen molar-refractivity contribution < 1.29 is 27.4 Å². The number of methoxy groups -OCH3 is 1. The number of anilines is 2. The van der Waals surface area contributed by atoms with Crippen LogP contribution in [0.2, 0.25) is 0 Å². The highest BCUT2D eigenvalue weighted by Crippen LogP contribution is 2.29. The number of aromatic nitrogens is 4. The zero-order valence-corrected chi connectivity index (χ0v) is 20.6. The summed E-state index contributed by atoms with van der Waals surface area (Å²) in [6.45, 7) is 3.84. The molecule has 0 aliphatic carbocycles. The zero-order chi connectivity index (χ0) is 26.6. The number of nitrogens with zero attached hydrogens (tertiary/aromatic N) is 5. The number of hydrogen-bond donors (Lipinski definition) is 2. The maximum Gasteiger partial charge on any atom is 0.419 e. The molecule has 0 unspecified atom stereocenters. The van der Waals surface area contributed by atoms with Crippen molar-refractivity contribution in [3.8, 4) is 0 Å². The Morgan fingerprint density at radius 1 is 1.11 bits per heavy atom. The van der Waals surface area contributed by atoms with Gasteiger partial charge in [-0.3, -0.25) is 9.59 Å². The molecule has 2 aliphatic rings. The van der Waals surface area contributed by atoms with E-state index in [4.69, 9.17) is 9.47 Å². The first kappa shape index (κ1) is 26.8.